The first kappa shape index (κ1) is 26.5. The van der Waals surface area contributed by atoms with Gasteiger partial charge in [-0.15, -0.1) is 22.7 Å². The Kier molecular flexibility index (Phi) is 7.58. The monoisotopic (exact) mass is 581 g/mol. The number of sulfonamides is 1. The van der Waals surface area contributed by atoms with Crippen molar-refractivity contribution in [2.24, 2.45) is 0 Å². The van der Waals surface area contributed by atoms with E-state index in [0.29, 0.717) is 15.9 Å². The van der Waals surface area contributed by atoms with Gasteiger partial charge in [-0.1, -0.05) is 17.7 Å². The third kappa shape index (κ3) is 5.27. The van der Waals surface area contributed by atoms with Crippen LogP contribution in [0, 0.1) is 0 Å². The summed E-state index contributed by atoms with van der Waals surface area (Å²) in [6.45, 7) is 2.04. The van der Waals surface area contributed by atoms with E-state index >= 15 is 0 Å². The minimum Gasteiger partial charge on any atom is -0.357 e. The molecule has 2 aliphatic heterocycles. The molecule has 0 spiro atoms. The van der Waals surface area contributed by atoms with Crippen LogP contribution in [0.4, 0.5) is 0 Å². The lowest BCUT2D eigenvalue weighted by Gasteiger charge is -2.39. The highest BCUT2D eigenvalue weighted by molar-refractivity contribution is 7.91. The van der Waals surface area contributed by atoms with Crippen LogP contribution < -0.4 is 5.32 Å². The van der Waals surface area contributed by atoms with E-state index in [2.05, 4.69) is 22.2 Å². The minimum absolute atomic E-state index is 0.0855. The van der Waals surface area contributed by atoms with Crippen LogP contribution >= 0.6 is 34.3 Å². The van der Waals surface area contributed by atoms with E-state index in [1.54, 1.807) is 30.5 Å². The maximum absolute atomic E-state index is 13.5. The fraction of sp³-hybridized carbons (Fsp3) is 0.458. The number of thiophene rings is 1. The van der Waals surface area contributed by atoms with Crippen molar-refractivity contribution in [2.75, 3.05) is 46.8 Å². The summed E-state index contributed by atoms with van der Waals surface area (Å²) in [5.41, 5.74) is 0. The highest BCUT2D eigenvalue weighted by Crippen LogP contribution is 2.34. The van der Waals surface area contributed by atoms with Gasteiger partial charge in [0, 0.05) is 59.9 Å². The number of halogens is 1. The Hall–Kier alpha value is -2.09. The lowest BCUT2D eigenvalue weighted by molar-refractivity contribution is -0.126. The van der Waals surface area contributed by atoms with Crippen molar-refractivity contribution in [1.82, 2.24) is 24.4 Å². The molecule has 37 heavy (non-hydrogen) atoms. The zero-order chi connectivity index (χ0) is 26.3. The number of hydrogen-bond acceptors (Lipinski definition) is 8. The zero-order valence-electron chi connectivity index (χ0n) is 20.5. The number of rotatable bonds is 5. The van der Waals surface area contributed by atoms with Crippen LogP contribution in [0.3, 0.4) is 0 Å². The van der Waals surface area contributed by atoms with Crippen molar-refractivity contribution in [3.8, 4) is 0 Å². The molecule has 9 nitrogen and oxygen atoms in total. The Morgan fingerprint density at radius 3 is 2.70 bits per heavy atom. The van der Waals surface area contributed by atoms with E-state index in [9.17, 15) is 18.0 Å². The molecule has 5 rings (SSSR count). The van der Waals surface area contributed by atoms with Gasteiger partial charge in [0.15, 0.2) is 5.01 Å². The fourth-order valence-corrected chi connectivity index (χ4v) is 9.21. The van der Waals surface area contributed by atoms with Gasteiger partial charge in [-0.25, -0.2) is 13.4 Å². The number of thiazole rings is 1. The number of hydrogen-bond donors (Lipinski definition) is 1. The van der Waals surface area contributed by atoms with Gasteiger partial charge in [-0.05, 0) is 50.0 Å². The molecule has 0 bridgehead atoms. The number of carbonyl (C=O) groups excluding carboxylic acids is 2. The molecular formula is C24H28ClN5O4S3. The van der Waals surface area contributed by atoms with Crippen molar-refractivity contribution in [1.29, 1.82) is 0 Å². The van der Waals surface area contributed by atoms with Gasteiger partial charge < -0.3 is 15.1 Å². The first-order chi connectivity index (χ1) is 17.7. The standard InChI is InChI=1S/C24H28ClN5O4S3/c1-26-22(31)18-14-29(37(33,34)21-10-15-5-6-17(25)11-19(15)35-21)8-9-30(18)24(32)23-27-12-20(36-23)16-4-3-7-28(2)13-16/h5-6,10-12,16,18H,3-4,7-9,13-14H2,1-2H3,(H,26,31). The van der Waals surface area contributed by atoms with Crippen LogP contribution in [0.1, 0.15) is 33.4 Å². The Bertz CT molecular complexity index is 1440. The van der Waals surface area contributed by atoms with Crippen LogP contribution in [0.5, 0.6) is 0 Å². The Morgan fingerprint density at radius 2 is 1.95 bits per heavy atom. The molecule has 2 aromatic heterocycles. The number of likely N-dealkylation sites (tertiary alicyclic amines) is 1. The summed E-state index contributed by atoms with van der Waals surface area (Å²) in [4.78, 5) is 35.5. The largest absolute Gasteiger partial charge is 0.357 e. The topological polar surface area (TPSA) is 103 Å². The minimum atomic E-state index is -3.87. The van der Waals surface area contributed by atoms with Gasteiger partial charge in [0.1, 0.15) is 10.3 Å². The summed E-state index contributed by atoms with van der Waals surface area (Å²) in [6.07, 6.45) is 3.93. The van der Waals surface area contributed by atoms with Crippen LogP contribution in [0.2, 0.25) is 5.02 Å². The summed E-state index contributed by atoms with van der Waals surface area (Å²) in [6, 6.07) is 5.90. The molecule has 2 aliphatic rings. The summed E-state index contributed by atoms with van der Waals surface area (Å²) in [5.74, 6) is -0.421. The summed E-state index contributed by atoms with van der Waals surface area (Å²) >= 11 is 8.58. The number of fused-ring (bicyclic) bond motifs is 1. The van der Waals surface area contributed by atoms with E-state index in [-0.39, 0.29) is 29.8 Å². The van der Waals surface area contributed by atoms with E-state index < -0.39 is 22.0 Å². The van der Waals surface area contributed by atoms with Crippen molar-refractivity contribution >= 4 is 66.2 Å². The molecule has 13 heteroatoms. The second-order valence-electron chi connectivity index (χ2n) is 9.41. The molecule has 198 valence electrons. The van der Waals surface area contributed by atoms with E-state index in [1.165, 1.54) is 27.6 Å². The predicted octanol–water partition coefficient (Wildman–Crippen LogP) is 3.08. The van der Waals surface area contributed by atoms with Gasteiger partial charge >= 0.3 is 0 Å². The number of nitrogens with zero attached hydrogens (tertiary/aromatic N) is 4. The van der Waals surface area contributed by atoms with Crippen molar-refractivity contribution < 1.29 is 18.0 Å². The lowest BCUT2D eigenvalue weighted by Crippen LogP contribution is -2.61. The molecule has 1 N–H and O–H groups in total. The quantitative estimate of drug-likeness (QED) is 0.497. The summed E-state index contributed by atoms with van der Waals surface area (Å²) < 4.78 is 29.2. The molecule has 0 radical (unpaired) electrons. The normalized spacial score (nSPS) is 21.9. The molecule has 4 heterocycles. The predicted molar refractivity (Wildman–Crippen MR) is 146 cm³/mol. The van der Waals surface area contributed by atoms with E-state index in [1.807, 2.05) is 0 Å². The van der Waals surface area contributed by atoms with Crippen molar-refractivity contribution in [2.45, 2.75) is 29.0 Å². The third-order valence-corrected chi connectivity index (χ3v) is 11.7. The van der Waals surface area contributed by atoms with Crippen LogP contribution in [-0.2, 0) is 14.8 Å². The number of amides is 2. The SMILES string of the molecule is CNC(=O)C1CN(S(=O)(=O)c2cc3ccc(Cl)cc3s2)CCN1C(=O)c1ncc(C2CCCN(C)C2)s1. The third-order valence-electron chi connectivity index (χ3n) is 6.94. The number of aromatic nitrogens is 1. The van der Waals surface area contributed by atoms with Crippen molar-refractivity contribution in [3.05, 3.63) is 45.4 Å². The van der Waals surface area contributed by atoms with Gasteiger partial charge in [0.25, 0.3) is 15.9 Å². The fourth-order valence-electron chi connectivity index (χ4n) is 4.94. The lowest BCUT2D eigenvalue weighted by atomic mass is 9.97. The number of piperidine rings is 1. The molecule has 0 saturated carbocycles. The summed E-state index contributed by atoms with van der Waals surface area (Å²) in [7, 11) is -0.294. The maximum Gasteiger partial charge on any atom is 0.283 e. The molecule has 3 aromatic rings. The number of nitrogens with one attached hydrogen (secondary N) is 1. The number of piperazine rings is 1. The molecule has 2 fully saturated rings. The van der Waals surface area contributed by atoms with Crippen LogP contribution in [0.15, 0.2) is 34.7 Å². The highest BCUT2D eigenvalue weighted by Gasteiger charge is 2.41. The molecular weight excluding hydrogens is 554 g/mol. The Morgan fingerprint density at radius 1 is 1.14 bits per heavy atom. The smallest absolute Gasteiger partial charge is 0.283 e. The van der Waals surface area contributed by atoms with Gasteiger partial charge in [0.2, 0.25) is 5.91 Å². The second kappa shape index (κ2) is 10.6. The van der Waals surface area contributed by atoms with Gasteiger partial charge in [-0.2, -0.15) is 4.31 Å². The molecule has 2 saturated heterocycles. The zero-order valence-corrected chi connectivity index (χ0v) is 23.7. The van der Waals surface area contributed by atoms with Gasteiger partial charge in [0.05, 0.1) is 0 Å². The number of carbonyl (C=O) groups is 2. The molecule has 0 aliphatic carbocycles. The van der Waals surface area contributed by atoms with Crippen LogP contribution in [-0.4, -0.2) is 92.2 Å². The molecule has 2 atom stereocenters. The summed E-state index contributed by atoms with van der Waals surface area (Å²) in [5, 5.41) is 4.23. The average Bonchev–Trinajstić information content (AvgIpc) is 3.55. The molecule has 2 amide bonds. The number of benzene rings is 1. The van der Waals surface area contributed by atoms with Crippen molar-refractivity contribution in [3.63, 3.8) is 0 Å². The van der Waals surface area contributed by atoms with E-state index in [4.69, 9.17) is 11.6 Å². The molecule has 1 aromatic carbocycles. The average molecular weight is 582 g/mol. The Balaban J connectivity index is 1.36. The Labute approximate surface area is 229 Å². The number of likely N-dealkylation sites (N-methyl/N-ethyl adjacent to an activating group) is 2. The molecule has 2 unspecified atom stereocenters. The highest BCUT2D eigenvalue weighted by atomic mass is 35.5. The van der Waals surface area contributed by atoms with Gasteiger partial charge in [-0.3, -0.25) is 9.59 Å². The second-order valence-corrected chi connectivity index (χ2v) is 14.2. The first-order valence-electron chi connectivity index (χ1n) is 12.0. The first-order valence-corrected chi connectivity index (χ1v) is 15.5. The van der Waals surface area contributed by atoms with Crippen LogP contribution in [0.25, 0.3) is 10.1 Å². The van der Waals surface area contributed by atoms with E-state index in [0.717, 1.165) is 52.2 Å². The maximum atomic E-state index is 13.5.